The first-order valence-electron chi connectivity index (χ1n) is 4.33. The van der Waals surface area contributed by atoms with Crippen LogP contribution in [0.25, 0.3) is 10.1 Å². The average molecular weight is 206 g/mol. The number of thiophene rings is 1. The van der Waals surface area contributed by atoms with Gasteiger partial charge in [0, 0.05) is 4.70 Å². The summed E-state index contributed by atoms with van der Waals surface area (Å²) < 4.78 is 5.85. The van der Waals surface area contributed by atoms with Crippen LogP contribution in [0, 0.1) is 0 Å². The van der Waals surface area contributed by atoms with E-state index in [9.17, 15) is 4.79 Å². The van der Waals surface area contributed by atoms with Gasteiger partial charge in [0.2, 0.25) is 0 Å². The largest absolute Gasteiger partial charge is 0.469 e. The van der Waals surface area contributed by atoms with Gasteiger partial charge in [0.25, 0.3) is 0 Å². The molecular formula is C11H10O2S. The maximum absolute atomic E-state index is 11.1. The monoisotopic (exact) mass is 206 g/mol. The molecule has 3 heteroatoms. The highest BCUT2D eigenvalue weighted by molar-refractivity contribution is 7.17. The van der Waals surface area contributed by atoms with E-state index in [-0.39, 0.29) is 5.97 Å². The summed E-state index contributed by atoms with van der Waals surface area (Å²) in [5.74, 6) is -0.187. The highest BCUT2D eigenvalue weighted by Crippen LogP contribution is 2.25. The lowest BCUT2D eigenvalue weighted by Gasteiger charge is -1.97. The van der Waals surface area contributed by atoms with Gasteiger partial charge in [0.05, 0.1) is 13.5 Å². The molecule has 1 heterocycles. The molecule has 0 bridgehead atoms. The summed E-state index contributed by atoms with van der Waals surface area (Å²) in [5, 5.41) is 3.17. The summed E-state index contributed by atoms with van der Waals surface area (Å²) >= 11 is 1.66. The molecule has 2 rings (SSSR count). The quantitative estimate of drug-likeness (QED) is 0.706. The zero-order valence-corrected chi connectivity index (χ0v) is 8.64. The summed E-state index contributed by atoms with van der Waals surface area (Å²) in [7, 11) is 1.41. The Hall–Kier alpha value is -1.35. The molecule has 2 aromatic rings. The number of fused-ring (bicyclic) bond motifs is 1. The molecule has 1 aromatic carbocycles. The Balaban J connectivity index is 2.38. The molecule has 0 fully saturated rings. The Morgan fingerprint density at radius 1 is 1.43 bits per heavy atom. The fraction of sp³-hybridized carbons (Fsp3) is 0.182. The fourth-order valence-corrected chi connectivity index (χ4v) is 2.36. The predicted molar refractivity (Wildman–Crippen MR) is 57.5 cm³/mol. The Bertz CT molecular complexity index is 459. The maximum atomic E-state index is 11.1. The van der Waals surface area contributed by atoms with Crippen molar-refractivity contribution >= 4 is 27.4 Å². The third-order valence-corrected chi connectivity index (χ3v) is 3.14. The van der Waals surface area contributed by atoms with E-state index in [0.717, 1.165) is 10.9 Å². The van der Waals surface area contributed by atoms with Crippen LogP contribution in [0.15, 0.2) is 29.6 Å². The smallest absolute Gasteiger partial charge is 0.310 e. The van der Waals surface area contributed by atoms with Crippen molar-refractivity contribution in [2.75, 3.05) is 7.11 Å². The predicted octanol–water partition coefficient (Wildman–Crippen LogP) is 2.62. The van der Waals surface area contributed by atoms with E-state index in [1.54, 1.807) is 11.3 Å². The van der Waals surface area contributed by atoms with E-state index in [1.807, 2.05) is 23.6 Å². The van der Waals surface area contributed by atoms with Crippen molar-refractivity contribution < 1.29 is 9.53 Å². The number of methoxy groups -OCH3 is 1. The van der Waals surface area contributed by atoms with Crippen molar-refractivity contribution in [3.8, 4) is 0 Å². The van der Waals surface area contributed by atoms with Gasteiger partial charge in [-0.2, -0.15) is 0 Å². The first-order chi connectivity index (χ1) is 6.81. The van der Waals surface area contributed by atoms with E-state index >= 15 is 0 Å². The molecule has 0 unspecified atom stereocenters. The molecule has 0 saturated carbocycles. The van der Waals surface area contributed by atoms with Crippen molar-refractivity contribution in [3.05, 3.63) is 35.2 Å². The number of hydrogen-bond donors (Lipinski definition) is 0. The van der Waals surface area contributed by atoms with Gasteiger partial charge in [-0.25, -0.2) is 0 Å². The lowest BCUT2D eigenvalue weighted by atomic mass is 10.1. The van der Waals surface area contributed by atoms with Gasteiger partial charge < -0.3 is 4.74 Å². The van der Waals surface area contributed by atoms with E-state index in [1.165, 1.54) is 11.8 Å². The van der Waals surface area contributed by atoms with E-state index < -0.39 is 0 Å². The molecule has 0 radical (unpaired) electrons. The number of esters is 1. The number of hydrogen-bond acceptors (Lipinski definition) is 3. The van der Waals surface area contributed by atoms with Gasteiger partial charge in [-0.05, 0) is 22.4 Å². The third kappa shape index (κ3) is 1.63. The Morgan fingerprint density at radius 3 is 3.00 bits per heavy atom. The molecule has 0 aliphatic rings. The summed E-state index contributed by atoms with van der Waals surface area (Å²) in [6.45, 7) is 0. The summed E-state index contributed by atoms with van der Waals surface area (Å²) in [6.07, 6.45) is 0.362. The fourth-order valence-electron chi connectivity index (χ4n) is 1.40. The van der Waals surface area contributed by atoms with E-state index in [2.05, 4.69) is 10.8 Å². The minimum atomic E-state index is -0.187. The minimum absolute atomic E-state index is 0.187. The van der Waals surface area contributed by atoms with Crippen molar-refractivity contribution in [3.63, 3.8) is 0 Å². The minimum Gasteiger partial charge on any atom is -0.469 e. The van der Waals surface area contributed by atoms with Crippen LogP contribution in [-0.2, 0) is 16.0 Å². The van der Waals surface area contributed by atoms with Gasteiger partial charge in [-0.3, -0.25) is 4.79 Å². The molecule has 0 amide bonds. The summed E-state index contributed by atoms with van der Waals surface area (Å²) in [5.41, 5.74) is 1.05. The first kappa shape index (κ1) is 9.21. The van der Waals surface area contributed by atoms with Crippen LogP contribution in [-0.4, -0.2) is 13.1 Å². The van der Waals surface area contributed by atoms with Crippen LogP contribution in [0.2, 0.25) is 0 Å². The summed E-state index contributed by atoms with van der Waals surface area (Å²) in [4.78, 5) is 11.1. The van der Waals surface area contributed by atoms with Gasteiger partial charge in [-0.1, -0.05) is 18.2 Å². The number of rotatable bonds is 2. The normalized spacial score (nSPS) is 10.4. The number of benzene rings is 1. The molecule has 0 N–H and O–H groups in total. The van der Waals surface area contributed by atoms with Crippen LogP contribution < -0.4 is 0 Å². The topological polar surface area (TPSA) is 26.3 Å². The van der Waals surface area contributed by atoms with Gasteiger partial charge in [0.1, 0.15) is 0 Å². The molecule has 0 spiro atoms. The van der Waals surface area contributed by atoms with Crippen LogP contribution in [0.3, 0.4) is 0 Å². The lowest BCUT2D eigenvalue weighted by Crippen LogP contribution is -2.03. The second kappa shape index (κ2) is 3.80. The second-order valence-electron chi connectivity index (χ2n) is 3.01. The maximum Gasteiger partial charge on any atom is 0.310 e. The highest BCUT2D eigenvalue weighted by atomic mass is 32.1. The van der Waals surface area contributed by atoms with Crippen LogP contribution in [0.4, 0.5) is 0 Å². The molecular weight excluding hydrogens is 196 g/mol. The number of carbonyl (C=O) groups excluding carboxylic acids is 1. The molecule has 0 saturated heterocycles. The Kier molecular flexibility index (Phi) is 2.50. The van der Waals surface area contributed by atoms with Gasteiger partial charge >= 0.3 is 5.97 Å². The van der Waals surface area contributed by atoms with Crippen molar-refractivity contribution in [2.24, 2.45) is 0 Å². The third-order valence-electron chi connectivity index (χ3n) is 2.12. The molecule has 0 aliphatic carbocycles. The zero-order chi connectivity index (χ0) is 9.97. The molecule has 1 aromatic heterocycles. The molecule has 0 aliphatic heterocycles. The lowest BCUT2D eigenvalue weighted by molar-refractivity contribution is -0.139. The SMILES string of the molecule is COC(=O)Cc1csc2ccccc12. The Labute approximate surface area is 86.1 Å². The van der Waals surface area contributed by atoms with Crippen molar-refractivity contribution in [2.45, 2.75) is 6.42 Å². The van der Waals surface area contributed by atoms with E-state index in [0.29, 0.717) is 6.42 Å². The zero-order valence-electron chi connectivity index (χ0n) is 7.82. The first-order valence-corrected chi connectivity index (χ1v) is 5.21. The standard InChI is InChI=1S/C11H10O2S/c1-13-11(12)6-8-7-14-10-5-3-2-4-9(8)10/h2-5,7H,6H2,1H3. The molecule has 0 atom stereocenters. The Morgan fingerprint density at radius 2 is 2.21 bits per heavy atom. The molecule has 2 nitrogen and oxygen atoms in total. The van der Waals surface area contributed by atoms with Crippen LogP contribution >= 0.6 is 11.3 Å². The molecule has 72 valence electrons. The van der Waals surface area contributed by atoms with Crippen LogP contribution in [0.5, 0.6) is 0 Å². The number of ether oxygens (including phenoxy) is 1. The average Bonchev–Trinajstić information content (AvgIpc) is 2.62. The second-order valence-corrected chi connectivity index (χ2v) is 3.92. The number of carbonyl (C=O) groups is 1. The van der Waals surface area contributed by atoms with Crippen molar-refractivity contribution in [1.29, 1.82) is 0 Å². The van der Waals surface area contributed by atoms with Crippen LogP contribution in [0.1, 0.15) is 5.56 Å². The van der Waals surface area contributed by atoms with Crippen molar-refractivity contribution in [1.82, 2.24) is 0 Å². The van der Waals surface area contributed by atoms with Gasteiger partial charge in [0.15, 0.2) is 0 Å². The van der Waals surface area contributed by atoms with Gasteiger partial charge in [-0.15, -0.1) is 11.3 Å². The summed E-state index contributed by atoms with van der Waals surface area (Å²) in [6, 6.07) is 8.07. The highest BCUT2D eigenvalue weighted by Gasteiger charge is 2.07. The van der Waals surface area contributed by atoms with E-state index in [4.69, 9.17) is 0 Å². The molecule has 14 heavy (non-hydrogen) atoms.